The Labute approximate surface area is 220 Å². The van der Waals surface area contributed by atoms with E-state index in [0.29, 0.717) is 30.9 Å². The molecule has 1 aliphatic carbocycles. The van der Waals surface area contributed by atoms with Gasteiger partial charge in [0.05, 0.1) is 11.9 Å². The van der Waals surface area contributed by atoms with Crippen molar-refractivity contribution in [3.05, 3.63) is 56.9 Å². The van der Waals surface area contributed by atoms with Gasteiger partial charge in [-0.15, -0.1) is 0 Å². The number of H-pyrrole nitrogens is 1. The highest BCUT2D eigenvalue weighted by molar-refractivity contribution is 5.93. The summed E-state index contributed by atoms with van der Waals surface area (Å²) in [5, 5.41) is 21.2. The minimum absolute atomic E-state index is 0.0471. The summed E-state index contributed by atoms with van der Waals surface area (Å²) in [4.78, 5) is 16.6. The molecule has 2 N–H and O–H groups in total. The van der Waals surface area contributed by atoms with Gasteiger partial charge in [-0.2, -0.15) is 10.2 Å². The predicted octanol–water partition coefficient (Wildman–Crippen LogP) is 4.96. The van der Waals surface area contributed by atoms with Crippen LogP contribution in [0.1, 0.15) is 79.1 Å². The molecule has 0 bridgehead atoms. The molecule has 1 unspecified atom stereocenters. The van der Waals surface area contributed by atoms with Gasteiger partial charge in [0, 0.05) is 29.6 Å². The highest BCUT2D eigenvalue weighted by Gasteiger charge is 2.18. The quantitative estimate of drug-likeness (QED) is 0.523. The van der Waals surface area contributed by atoms with E-state index in [1.54, 1.807) is 0 Å². The minimum Gasteiger partial charge on any atom is -0.313 e. The zero-order valence-electron chi connectivity index (χ0n) is 22.9. The van der Waals surface area contributed by atoms with Crippen molar-refractivity contribution in [2.45, 2.75) is 85.6 Å². The Balaban J connectivity index is 0.000000555. The summed E-state index contributed by atoms with van der Waals surface area (Å²) in [6.45, 7) is 9.31. The molecule has 37 heavy (non-hydrogen) atoms. The molecular weight excluding hydrogens is 460 g/mol. The second-order valence-corrected chi connectivity index (χ2v) is 10.0. The van der Waals surface area contributed by atoms with Gasteiger partial charge in [-0.1, -0.05) is 81.4 Å². The Morgan fingerprint density at radius 2 is 1.84 bits per heavy atom. The fourth-order valence-corrected chi connectivity index (χ4v) is 4.69. The molecule has 3 aliphatic heterocycles. The minimum atomic E-state index is -0.286. The van der Waals surface area contributed by atoms with Crippen LogP contribution in [0.5, 0.6) is 0 Å². The number of aromatic amines is 1. The Morgan fingerprint density at radius 3 is 2.46 bits per heavy atom. The number of allylic oxidation sites excluding steroid dienone is 5. The van der Waals surface area contributed by atoms with Crippen LogP contribution in [-0.4, -0.2) is 38.4 Å². The summed E-state index contributed by atoms with van der Waals surface area (Å²) in [5.41, 5.74) is 3.89. The van der Waals surface area contributed by atoms with Gasteiger partial charge in [-0.25, -0.2) is 5.10 Å². The molecule has 4 rings (SSSR count). The largest absolute Gasteiger partial charge is 0.313 e. The van der Waals surface area contributed by atoms with E-state index in [2.05, 4.69) is 57.6 Å². The number of fused-ring (bicyclic) bond motifs is 1. The molecule has 1 saturated carbocycles. The maximum Gasteiger partial charge on any atom is 0.294 e. The first-order chi connectivity index (χ1) is 17.9. The SMILES string of the molecule is C1CCCCC1.CC/C=c1/c2n[nH]c(=O)c-2nn(CC(C=N)C/C=C/C2=CCN=C(C)C=C2)c1=C(C)C. The van der Waals surface area contributed by atoms with E-state index >= 15 is 0 Å². The van der Waals surface area contributed by atoms with E-state index in [-0.39, 0.29) is 11.5 Å². The third-order valence-electron chi connectivity index (χ3n) is 6.66. The molecular formula is C30H42N6O. The second-order valence-electron chi connectivity index (χ2n) is 10.0. The number of rotatable bonds is 7. The molecule has 7 nitrogen and oxygen atoms in total. The number of hydrogen-bond acceptors (Lipinski definition) is 5. The van der Waals surface area contributed by atoms with Crippen LogP contribution < -0.4 is 16.1 Å². The Bertz CT molecular complexity index is 1300. The van der Waals surface area contributed by atoms with E-state index in [0.717, 1.165) is 33.8 Å². The molecule has 0 aromatic carbocycles. The van der Waals surface area contributed by atoms with Crippen molar-refractivity contribution in [2.75, 3.05) is 6.54 Å². The topological polar surface area (TPSA) is 99.8 Å². The normalized spacial score (nSPS) is 17.1. The van der Waals surface area contributed by atoms with Gasteiger partial charge in [0.1, 0.15) is 5.69 Å². The molecule has 1 fully saturated rings. The van der Waals surface area contributed by atoms with Crippen molar-refractivity contribution in [1.29, 1.82) is 5.41 Å². The van der Waals surface area contributed by atoms with Crippen molar-refractivity contribution >= 4 is 23.6 Å². The predicted molar refractivity (Wildman–Crippen MR) is 155 cm³/mol. The van der Waals surface area contributed by atoms with Gasteiger partial charge in [0.15, 0.2) is 5.69 Å². The van der Waals surface area contributed by atoms with Crippen molar-refractivity contribution in [1.82, 2.24) is 20.0 Å². The van der Waals surface area contributed by atoms with Gasteiger partial charge in [0.2, 0.25) is 0 Å². The van der Waals surface area contributed by atoms with Crippen LogP contribution in [0.3, 0.4) is 0 Å². The van der Waals surface area contributed by atoms with Crippen LogP contribution in [0.4, 0.5) is 0 Å². The Kier molecular flexibility index (Phi) is 11.0. The van der Waals surface area contributed by atoms with Gasteiger partial charge in [0.25, 0.3) is 5.56 Å². The second kappa shape index (κ2) is 14.4. The van der Waals surface area contributed by atoms with E-state index in [1.807, 2.05) is 31.5 Å². The first-order valence-electron chi connectivity index (χ1n) is 13.6. The lowest BCUT2D eigenvalue weighted by Crippen LogP contribution is -2.42. The third-order valence-corrected chi connectivity index (χ3v) is 6.66. The summed E-state index contributed by atoms with van der Waals surface area (Å²) in [6, 6.07) is 0. The fraction of sp³-hybridized carbons (Fsp3) is 0.500. The lowest BCUT2D eigenvalue weighted by atomic mass is 10.0. The van der Waals surface area contributed by atoms with E-state index < -0.39 is 0 Å². The highest BCUT2D eigenvalue weighted by Crippen LogP contribution is 2.15. The molecule has 0 aromatic heterocycles. The zero-order chi connectivity index (χ0) is 26.6. The standard InChI is InChI=1S/C24H30N6O.C6H12/c1-5-7-20-21-22(24(31)28-27-21)29-30(23(20)16(2)3)15-19(14-25)9-6-8-18-11-10-17(4)26-13-12-18;1-2-4-6-5-3-1/h6-8,10-12,14,19,25H,5,9,13,15H2,1-4H3,(H,28,31);1-6H2/b8-6+,20-7-,25-14?;. The molecule has 7 heteroatoms. The van der Waals surface area contributed by atoms with Gasteiger partial charge < -0.3 is 5.41 Å². The average molecular weight is 503 g/mol. The monoisotopic (exact) mass is 502 g/mol. The third kappa shape index (κ3) is 8.07. The maximum absolute atomic E-state index is 12.2. The zero-order valence-corrected chi connectivity index (χ0v) is 22.9. The van der Waals surface area contributed by atoms with E-state index in [9.17, 15) is 4.79 Å². The lowest BCUT2D eigenvalue weighted by molar-refractivity contribution is 0.497. The molecule has 0 aromatic rings. The van der Waals surface area contributed by atoms with Gasteiger partial charge in [-0.05, 0) is 45.3 Å². The van der Waals surface area contributed by atoms with Crippen LogP contribution in [0.2, 0.25) is 0 Å². The van der Waals surface area contributed by atoms with Crippen molar-refractivity contribution in [3.8, 4) is 11.4 Å². The number of aromatic nitrogens is 4. The molecule has 1 atom stereocenters. The Morgan fingerprint density at radius 1 is 1.14 bits per heavy atom. The molecule has 4 aliphatic rings. The molecule has 0 amide bonds. The smallest absolute Gasteiger partial charge is 0.294 e. The molecule has 3 heterocycles. The number of nitrogens with zero attached hydrogens (tertiary/aromatic N) is 4. The summed E-state index contributed by atoms with van der Waals surface area (Å²) >= 11 is 0. The van der Waals surface area contributed by atoms with Crippen LogP contribution in [-0.2, 0) is 6.54 Å². The first kappa shape index (κ1) is 28.2. The van der Waals surface area contributed by atoms with Crippen LogP contribution >= 0.6 is 0 Å². The summed E-state index contributed by atoms with van der Waals surface area (Å²) in [6.07, 6.45) is 24.4. The molecule has 198 valence electrons. The number of aliphatic imine (C=N–C) groups is 1. The maximum atomic E-state index is 12.2. The summed E-state index contributed by atoms with van der Waals surface area (Å²) in [5.74, 6) is -0.0471. The molecule has 0 spiro atoms. The summed E-state index contributed by atoms with van der Waals surface area (Å²) in [7, 11) is 0. The first-order valence-corrected chi connectivity index (χ1v) is 13.6. The Hall–Kier alpha value is -3.35. The fourth-order valence-electron chi connectivity index (χ4n) is 4.69. The molecule has 0 radical (unpaired) electrons. The van der Waals surface area contributed by atoms with Crippen LogP contribution in [0.25, 0.3) is 23.0 Å². The van der Waals surface area contributed by atoms with Crippen molar-refractivity contribution < 1.29 is 0 Å². The number of nitrogens with one attached hydrogen (secondary N) is 2. The van der Waals surface area contributed by atoms with Crippen LogP contribution in [0, 0.1) is 11.3 Å². The van der Waals surface area contributed by atoms with Crippen LogP contribution in [0.15, 0.2) is 45.7 Å². The van der Waals surface area contributed by atoms with E-state index in [4.69, 9.17) is 5.41 Å². The van der Waals surface area contributed by atoms with Gasteiger partial charge >= 0.3 is 0 Å². The average Bonchev–Trinajstić information content (AvgIpc) is 3.14. The van der Waals surface area contributed by atoms with Crippen molar-refractivity contribution in [2.24, 2.45) is 10.9 Å². The highest BCUT2D eigenvalue weighted by atomic mass is 16.1. The number of hydrogen-bond donors (Lipinski definition) is 2. The molecule has 0 saturated heterocycles. The van der Waals surface area contributed by atoms with Gasteiger partial charge in [-0.3, -0.25) is 14.5 Å². The van der Waals surface area contributed by atoms with Crippen molar-refractivity contribution in [3.63, 3.8) is 0 Å². The lowest BCUT2D eigenvalue weighted by Gasteiger charge is -2.15. The van der Waals surface area contributed by atoms with E-state index in [1.165, 1.54) is 44.7 Å². The summed E-state index contributed by atoms with van der Waals surface area (Å²) < 4.78 is 1.86.